The smallest absolute Gasteiger partial charge is 0.122 e. The van der Waals surface area contributed by atoms with Crippen LogP contribution in [0.5, 0.6) is 5.75 Å². The number of methoxy groups -OCH3 is 1. The molecule has 0 aliphatic heterocycles. The van der Waals surface area contributed by atoms with Gasteiger partial charge in [0.1, 0.15) is 5.75 Å². The summed E-state index contributed by atoms with van der Waals surface area (Å²) in [6, 6.07) is 6.45. The summed E-state index contributed by atoms with van der Waals surface area (Å²) in [5.41, 5.74) is 8.38. The van der Waals surface area contributed by atoms with Gasteiger partial charge in [0.15, 0.2) is 0 Å². The van der Waals surface area contributed by atoms with E-state index >= 15 is 0 Å². The van der Waals surface area contributed by atoms with E-state index in [1.54, 1.807) is 7.11 Å². The van der Waals surface area contributed by atoms with Crippen molar-refractivity contribution in [1.82, 2.24) is 0 Å². The van der Waals surface area contributed by atoms with Crippen LogP contribution >= 0.6 is 0 Å². The second-order valence-corrected chi connectivity index (χ2v) is 4.77. The maximum Gasteiger partial charge on any atom is 0.122 e. The molecule has 0 amide bonds. The molecule has 1 saturated carbocycles. The Kier molecular flexibility index (Phi) is 3.49. The molecule has 0 radical (unpaired) electrons. The molecule has 0 spiro atoms. The average Bonchev–Trinajstić information content (AvgIpc) is 3.10. The number of benzene rings is 1. The van der Waals surface area contributed by atoms with E-state index in [1.165, 1.54) is 24.0 Å². The SMILES string of the molecule is COc1ccc(C)cc1C(CCN)C1CC1. The quantitative estimate of drug-likeness (QED) is 0.826. The number of nitrogens with two attached hydrogens (primary N) is 1. The summed E-state index contributed by atoms with van der Waals surface area (Å²) in [7, 11) is 1.75. The molecule has 88 valence electrons. The fourth-order valence-electron chi connectivity index (χ4n) is 2.47. The monoisotopic (exact) mass is 219 g/mol. The Labute approximate surface area is 97.8 Å². The third-order valence-electron chi connectivity index (χ3n) is 3.45. The van der Waals surface area contributed by atoms with Gasteiger partial charge >= 0.3 is 0 Å². The molecule has 0 saturated heterocycles. The van der Waals surface area contributed by atoms with Crippen molar-refractivity contribution in [2.75, 3.05) is 13.7 Å². The first-order chi connectivity index (χ1) is 7.76. The molecule has 2 rings (SSSR count). The van der Waals surface area contributed by atoms with Gasteiger partial charge in [-0.1, -0.05) is 17.7 Å². The minimum absolute atomic E-state index is 0.597. The number of hydrogen-bond acceptors (Lipinski definition) is 2. The van der Waals surface area contributed by atoms with Crippen molar-refractivity contribution < 1.29 is 4.74 Å². The van der Waals surface area contributed by atoms with Gasteiger partial charge in [-0.2, -0.15) is 0 Å². The van der Waals surface area contributed by atoms with Gasteiger partial charge in [0.2, 0.25) is 0 Å². The Hall–Kier alpha value is -1.02. The second-order valence-electron chi connectivity index (χ2n) is 4.77. The standard InChI is InChI=1S/C14H21NO/c1-10-3-6-14(16-2)13(9-10)12(7-8-15)11-4-5-11/h3,6,9,11-12H,4-5,7-8,15H2,1-2H3. The van der Waals surface area contributed by atoms with Crippen LogP contribution in [0.3, 0.4) is 0 Å². The highest BCUT2D eigenvalue weighted by Crippen LogP contribution is 2.46. The zero-order valence-electron chi connectivity index (χ0n) is 10.2. The number of ether oxygens (including phenoxy) is 1. The predicted molar refractivity (Wildman–Crippen MR) is 66.9 cm³/mol. The van der Waals surface area contributed by atoms with Crippen molar-refractivity contribution in [3.05, 3.63) is 29.3 Å². The summed E-state index contributed by atoms with van der Waals surface area (Å²) in [5, 5.41) is 0. The lowest BCUT2D eigenvalue weighted by atomic mass is 9.89. The Balaban J connectivity index is 2.30. The highest BCUT2D eigenvalue weighted by Gasteiger charge is 2.33. The van der Waals surface area contributed by atoms with Crippen LogP contribution in [0.4, 0.5) is 0 Å². The summed E-state index contributed by atoms with van der Waals surface area (Å²) >= 11 is 0. The molecule has 1 aliphatic carbocycles. The highest BCUT2D eigenvalue weighted by molar-refractivity contribution is 5.40. The van der Waals surface area contributed by atoms with Crippen LogP contribution < -0.4 is 10.5 Å². The Morgan fingerprint density at radius 1 is 1.44 bits per heavy atom. The normalized spacial score (nSPS) is 17.2. The van der Waals surface area contributed by atoms with Crippen molar-refractivity contribution in [3.63, 3.8) is 0 Å². The molecule has 1 unspecified atom stereocenters. The first-order valence-electron chi connectivity index (χ1n) is 6.11. The summed E-state index contributed by atoms with van der Waals surface area (Å²) in [5.74, 6) is 2.45. The van der Waals surface area contributed by atoms with Crippen molar-refractivity contribution >= 4 is 0 Å². The van der Waals surface area contributed by atoms with Crippen LogP contribution in [0.15, 0.2) is 18.2 Å². The number of hydrogen-bond donors (Lipinski definition) is 1. The van der Waals surface area contributed by atoms with E-state index in [9.17, 15) is 0 Å². The molecule has 0 heterocycles. The van der Waals surface area contributed by atoms with Gasteiger partial charge < -0.3 is 10.5 Å². The molecule has 2 N–H and O–H groups in total. The summed E-state index contributed by atoms with van der Waals surface area (Å²) in [6.07, 6.45) is 3.77. The fraction of sp³-hybridized carbons (Fsp3) is 0.571. The molecular formula is C14H21NO. The molecule has 1 fully saturated rings. The minimum atomic E-state index is 0.597. The summed E-state index contributed by atoms with van der Waals surface area (Å²) in [6.45, 7) is 2.90. The van der Waals surface area contributed by atoms with Crippen molar-refractivity contribution in [2.24, 2.45) is 11.7 Å². The highest BCUT2D eigenvalue weighted by atomic mass is 16.5. The lowest BCUT2D eigenvalue weighted by Gasteiger charge is -2.19. The maximum absolute atomic E-state index is 5.72. The third kappa shape index (κ3) is 2.38. The lowest BCUT2D eigenvalue weighted by molar-refractivity contribution is 0.400. The molecule has 0 aromatic heterocycles. The largest absolute Gasteiger partial charge is 0.496 e. The van der Waals surface area contributed by atoms with E-state index in [0.717, 1.165) is 24.6 Å². The zero-order chi connectivity index (χ0) is 11.5. The van der Waals surface area contributed by atoms with E-state index < -0.39 is 0 Å². The van der Waals surface area contributed by atoms with Crippen LogP contribution in [0, 0.1) is 12.8 Å². The third-order valence-corrected chi connectivity index (χ3v) is 3.45. The molecule has 2 heteroatoms. The molecule has 16 heavy (non-hydrogen) atoms. The van der Waals surface area contributed by atoms with Gasteiger partial charge in [-0.25, -0.2) is 0 Å². The van der Waals surface area contributed by atoms with Gasteiger partial charge in [-0.15, -0.1) is 0 Å². The average molecular weight is 219 g/mol. The van der Waals surface area contributed by atoms with E-state index in [1.807, 2.05) is 0 Å². The summed E-state index contributed by atoms with van der Waals surface area (Å²) < 4.78 is 5.46. The second kappa shape index (κ2) is 4.88. The Bertz CT molecular complexity index is 358. The topological polar surface area (TPSA) is 35.2 Å². The number of aryl methyl sites for hydroxylation is 1. The lowest BCUT2D eigenvalue weighted by Crippen LogP contribution is -2.10. The van der Waals surface area contributed by atoms with Crippen LogP contribution in [-0.2, 0) is 0 Å². The fourth-order valence-corrected chi connectivity index (χ4v) is 2.47. The van der Waals surface area contributed by atoms with Gasteiger partial charge in [0.25, 0.3) is 0 Å². The van der Waals surface area contributed by atoms with Crippen molar-refractivity contribution in [1.29, 1.82) is 0 Å². The van der Waals surface area contributed by atoms with Gasteiger partial charge in [-0.05, 0) is 56.2 Å². The minimum Gasteiger partial charge on any atom is -0.496 e. The summed E-state index contributed by atoms with van der Waals surface area (Å²) in [4.78, 5) is 0. The van der Waals surface area contributed by atoms with Crippen molar-refractivity contribution in [2.45, 2.75) is 32.1 Å². The first-order valence-corrected chi connectivity index (χ1v) is 6.11. The maximum atomic E-state index is 5.72. The van der Waals surface area contributed by atoms with Gasteiger partial charge in [0, 0.05) is 0 Å². The Morgan fingerprint density at radius 3 is 2.75 bits per heavy atom. The molecule has 0 bridgehead atoms. The molecule has 2 nitrogen and oxygen atoms in total. The van der Waals surface area contributed by atoms with E-state index in [4.69, 9.17) is 10.5 Å². The van der Waals surface area contributed by atoms with Crippen LogP contribution in [0.1, 0.15) is 36.3 Å². The van der Waals surface area contributed by atoms with Crippen LogP contribution in [-0.4, -0.2) is 13.7 Å². The van der Waals surface area contributed by atoms with E-state index in [0.29, 0.717) is 5.92 Å². The number of rotatable bonds is 5. The van der Waals surface area contributed by atoms with Crippen LogP contribution in [0.25, 0.3) is 0 Å². The molecule has 1 atom stereocenters. The first kappa shape index (κ1) is 11.5. The molecule has 1 aliphatic rings. The van der Waals surface area contributed by atoms with Crippen LogP contribution in [0.2, 0.25) is 0 Å². The van der Waals surface area contributed by atoms with E-state index in [2.05, 4.69) is 25.1 Å². The Morgan fingerprint density at radius 2 is 2.19 bits per heavy atom. The van der Waals surface area contributed by atoms with Gasteiger partial charge in [-0.3, -0.25) is 0 Å². The molecular weight excluding hydrogens is 198 g/mol. The predicted octanol–water partition coefficient (Wildman–Crippen LogP) is 2.85. The van der Waals surface area contributed by atoms with E-state index in [-0.39, 0.29) is 0 Å². The molecule has 1 aromatic carbocycles. The molecule has 1 aromatic rings. The van der Waals surface area contributed by atoms with Crippen molar-refractivity contribution in [3.8, 4) is 5.75 Å². The zero-order valence-corrected chi connectivity index (χ0v) is 10.2. The van der Waals surface area contributed by atoms with Gasteiger partial charge in [0.05, 0.1) is 7.11 Å².